The predicted molar refractivity (Wildman–Crippen MR) is 79.8 cm³/mol. The fourth-order valence-corrected chi connectivity index (χ4v) is 2.71. The molecule has 0 spiro atoms. The summed E-state index contributed by atoms with van der Waals surface area (Å²) in [6.07, 6.45) is 3.81. The monoisotopic (exact) mass is 341 g/mol. The molecule has 1 fully saturated rings. The molecule has 23 heavy (non-hydrogen) atoms. The summed E-state index contributed by atoms with van der Waals surface area (Å²) in [5.74, 6) is -0.503. The third kappa shape index (κ3) is 5.76. The summed E-state index contributed by atoms with van der Waals surface area (Å²) in [6.45, 7) is 1.66. The van der Waals surface area contributed by atoms with E-state index in [1.165, 1.54) is 6.20 Å². The second-order valence-corrected chi connectivity index (χ2v) is 6.05. The van der Waals surface area contributed by atoms with Crippen molar-refractivity contribution in [3.05, 3.63) is 30.1 Å². The third-order valence-electron chi connectivity index (χ3n) is 3.10. The van der Waals surface area contributed by atoms with E-state index in [2.05, 4.69) is 10.1 Å². The molecule has 1 aromatic heterocycles. The van der Waals surface area contributed by atoms with Crippen LogP contribution in [0.2, 0.25) is 0 Å². The van der Waals surface area contributed by atoms with Gasteiger partial charge in [-0.25, -0.2) is 4.79 Å². The Kier molecular flexibility index (Phi) is 6.73. The average Bonchev–Trinajstić information content (AvgIpc) is 3.01. The Labute approximate surface area is 134 Å². The number of hydrogen-bond acceptors (Lipinski definition) is 7. The molecule has 0 amide bonds. The van der Waals surface area contributed by atoms with Crippen LogP contribution in [0.15, 0.2) is 24.5 Å². The highest BCUT2D eigenvalue weighted by Gasteiger charge is 2.32. The van der Waals surface area contributed by atoms with Crippen LogP contribution < -0.4 is 5.09 Å². The van der Waals surface area contributed by atoms with Crippen LogP contribution in [0.4, 0.5) is 0 Å². The Morgan fingerprint density at radius 2 is 2.43 bits per heavy atom. The maximum absolute atomic E-state index is 11.9. The Morgan fingerprint density at radius 3 is 3.13 bits per heavy atom. The number of hydrogen-bond donors (Lipinski definition) is 1. The van der Waals surface area contributed by atoms with Crippen LogP contribution in [0.3, 0.4) is 0 Å². The van der Waals surface area contributed by atoms with Crippen molar-refractivity contribution in [2.75, 3.05) is 6.61 Å². The van der Waals surface area contributed by atoms with Gasteiger partial charge in [-0.2, -0.15) is 0 Å². The first kappa shape index (κ1) is 17.6. The van der Waals surface area contributed by atoms with Gasteiger partial charge in [-0.15, -0.1) is 4.52 Å². The molecular formula is C14H18N2O6P+. The number of carbonyl (C=O) groups excluding carboxylic acids is 2. The molecule has 0 radical (unpaired) electrons. The van der Waals surface area contributed by atoms with E-state index in [4.69, 9.17) is 14.0 Å². The zero-order chi connectivity index (χ0) is 16.7. The van der Waals surface area contributed by atoms with E-state index >= 15 is 0 Å². The molecule has 0 bridgehead atoms. The molecule has 8 nitrogen and oxygen atoms in total. The predicted octanol–water partition coefficient (Wildman–Crippen LogP) is 1.59. The van der Waals surface area contributed by atoms with E-state index in [-0.39, 0.29) is 12.7 Å². The van der Waals surface area contributed by atoms with Gasteiger partial charge in [-0.05, 0) is 30.0 Å². The number of ether oxygens (including phenoxy) is 2. The smallest absolute Gasteiger partial charge is 0.432 e. The van der Waals surface area contributed by atoms with Crippen molar-refractivity contribution in [3.63, 3.8) is 0 Å². The summed E-state index contributed by atoms with van der Waals surface area (Å²) in [5, 5.41) is 2.49. The van der Waals surface area contributed by atoms with E-state index in [1.54, 1.807) is 25.3 Å². The van der Waals surface area contributed by atoms with Gasteiger partial charge in [-0.3, -0.25) is 4.98 Å². The van der Waals surface area contributed by atoms with E-state index < -0.39 is 26.5 Å². The van der Waals surface area contributed by atoms with Crippen LogP contribution in [0.25, 0.3) is 0 Å². The molecule has 124 valence electrons. The van der Waals surface area contributed by atoms with Crippen molar-refractivity contribution >= 4 is 20.4 Å². The number of nitrogens with zero attached hydrogens (tertiary/aromatic N) is 1. The zero-order valence-electron chi connectivity index (χ0n) is 12.6. The highest BCUT2D eigenvalue weighted by molar-refractivity contribution is 7.36. The van der Waals surface area contributed by atoms with E-state index in [0.717, 1.165) is 0 Å². The number of esters is 1. The number of nitrogens with one attached hydrogen (secondary N) is 1. The first-order valence-electron chi connectivity index (χ1n) is 7.16. The van der Waals surface area contributed by atoms with Crippen molar-refractivity contribution in [3.8, 4) is 0 Å². The Balaban J connectivity index is 1.71. The van der Waals surface area contributed by atoms with Gasteiger partial charge in [0.05, 0.1) is 11.7 Å². The Morgan fingerprint density at radius 1 is 1.61 bits per heavy atom. The van der Waals surface area contributed by atoms with Gasteiger partial charge in [0.2, 0.25) is 6.29 Å². The molecule has 0 aromatic carbocycles. The zero-order valence-corrected chi connectivity index (χ0v) is 13.5. The minimum absolute atomic E-state index is 0.0920. The SMILES string of the molecule is CC(C=O)N[P+](=O)OCC1CCC(OC(=O)c2cccnc2)O1. The number of rotatable bonds is 8. The standard InChI is InChI=1S/C14H18N2O6P/c1-10(8-17)16-23(19)20-9-12-4-5-13(21-12)22-14(18)11-3-2-6-15-7-11/h2-3,6-8,10,12-13H,4-5,9H2,1H3,(H,16,19)/q+1. The molecule has 9 heteroatoms. The van der Waals surface area contributed by atoms with Gasteiger partial charge in [-0.1, -0.05) is 5.09 Å². The fraction of sp³-hybridized carbons (Fsp3) is 0.500. The molecule has 4 unspecified atom stereocenters. The summed E-state index contributed by atoms with van der Waals surface area (Å²) >= 11 is 0. The molecule has 1 N–H and O–H groups in total. The van der Waals surface area contributed by atoms with Crippen LogP contribution in [0.5, 0.6) is 0 Å². The third-order valence-corrected chi connectivity index (χ3v) is 4.10. The summed E-state index contributed by atoms with van der Waals surface area (Å²) in [7, 11) is -2.14. The summed E-state index contributed by atoms with van der Waals surface area (Å²) in [5.41, 5.74) is 0.353. The minimum atomic E-state index is -2.14. The highest BCUT2D eigenvalue weighted by Crippen LogP contribution is 2.25. The van der Waals surface area contributed by atoms with Gasteiger partial charge >= 0.3 is 14.1 Å². The van der Waals surface area contributed by atoms with Crippen molar-refractivity contribution in [1.82, 2.24) is 10.1 Å². The Bertz CT molecular complexity index is 555. The number of pyridine rings is 1. The summed E-state index contributed by atoms with van der Waals surface area (Å²) in [6, 6.07) is 2.71. The molecule has 2 heterocycles. The van der Waals surface area contributed by atoms with Gasteiger partial charge in [0.25, 0.3) is 0 Å². The molecule has 1 aliphatic heterocycles. The van der Waals surface area contributed by atoms with Crippen molar-refractivity contribution < 1.29 is 28.2 Å². The number of carbonyl (C=O) groups is 2. The van der Waals surface area contributed by atoms with Gasteiger partial charge in [0.15, 0.2) is 0 Å². The summed E-state index contributed by atoms with van der Waals surface area (Å²) in [4.78, 5) is 26.2. The largest absolute Gasteiger partial charge is 0.613 e. The maximum atomic E-state index is 11.9. The molecule has 1 saturated heterocycles. The van der Waals surface area contributed by atoms with E-state index in [0.29, 0.717) is 24.7 Å². The molecule has 1 aliphatic rings. The second-order valence-electron chi connectivity index (χ2n) is 5.02. The van der Waals surface area contributed by atoms with Crippen molar-refractivity contribution in [2.24, 2.45) is 0 Å². The summed E-state index contributed by atoms with van der Waals surface area (Å²) < 4.78 is 27.4. The van der Waals surface area contributed by atoms with Crippen LogP contribution in [0, 0.1) is 0 Å². The lowest BCUT2D eigenvalue weighted by molar-refractivity contribution is -0.109. The van der Waals surface area contributed by atoms with Crippen LogP contribution >= 0.6 is 8.18 Å². The molecule has 1 aromatic rings. The maximum Gasteiger partial charge on any atom is 0.613 e. The molecule has 0 saturated carbocycles. The first-order chi connectivity index (χ1) is 11.1. The first-order valence-corrected chi connectivity index (χ1v) is 8.34. The molecular weight excluding hydrogens is 323 g/mol. The number of aromatic nitrogens is 1. The van der Waals surface area contributed by atoms with Crippen molar-refractivity contribution in [1.29, 1.82) is 0 Å². The number of aldehydes is 1. The lowest BCUT2D eigenvalue weighted by atomic mass is 10.2. The normalized spacial score (nSPS) is 22.4. The molecule has 2 rings (SSSR count). The van der Waals surface area contributed by atoms with Gasteiger partial charge in [0.1, 0.15) is 18.9 Å². The van der Waals surface area contributed by atoms with Gasteiger partial charge < -0.3 is 14.3 Å². The lowest BCUT2D eigenvalue weighted by Crippen LogP contribution is -2.23. The van der Waals surface area contributed by atoms with E-state index in [1.807, 2.05) is 0 Å². The van der Waals surface area contributed by atoms with Crippen LogP contribution in [-0.4, -0.2) is 42.3 Å². The van der Waals surface area contributed by atoms with Crippen LogP contribution in [-0.2, 0) is 23.4 Å². The lowest BCUT2D eigenvalue weighted by Gasteiger charge is -2.12. The second kappa shape index (κ2) is 8.79. The van der Waals surface area contributed by atoms with Gasteiger partial charge in [0, 0.05) is 18.8 Å². The van der Waals surface area contributed by atoms with Crippen LogP contribution in [0.1, 0.15) is 30.1 Å². The molecule has 4 atom stereocenters. The minimum Gasteiger partial charge on any atom is -0.432 e. The highest BCUT2D eigenvalue weighted by atomic mass is 31.1. The molecule has 0 aliphatic carbocycles. The van der Waals surface area contributed by atoms with E-state index in [9.17, 15) is 14.2 Å². The average molecular weight is 341 g/mol. The topological polar surface area (TPSA) is 104 Å². The fourth-order valence-electron chi connectivity index (χ4n) is 1.94. The Hall–Kier alpha value is -1.73. The quantitative estimate of drug-likeness (QED) is 0.432. The van der Waals surface area contributed by atoms with Crippen molar-refractivity contribution in [2.45, 2.75) is 38.2 Å².